The number of nitrogens with zero attached hydrogens (tertiary/aromatic N) is 3. The van der Waals surface area contributed by atoms with E-state index in [1.807, 2.05) is 0 Å². The predicted molar refractivity (Wildman–Crippen MR) is 102 cm³/mol. The number of piperidine rings is 2. The zero-order valence-corrected chi connectivity index (χ0v) is 16.2. The van der Waals surface area contributed by atoms with E-state index in [9.17, 15) is 4.79 Å². The average molecular weight is 348 g/mol. The van der Waals surface area contributed by atoms with E-state index in [-0.39, 0.29) is 0 Å². The van der Waals surface area contributed by atoms with Crippen molar-refractivity contribution in [3.8, 4) is 0 Å². The summed E-state index contributed by atoms with van der Waals surface area (Å²) >= 11 is 0. The first-order chi connectivity index (χ1) is 12.2. The second-order valence-corrected chi connectivity index (χ2v) is 9.23. The third kappa shape index (κ3) is 3.75. The van der Waals surface area contributed by atoms with Crippen LogP contribution in [0.4, 0.5) is 0 Å². The molecular weight excluding hydrogens is 310 g/mol. The molecule has 3 aliphatic heterocycles. The van der Waals surface area contributed by atoms with E-state index in [1.54, 1.807) is 0 Å². The molecule has 0 radical (unpaired) electrons. The molecule has 4 rings (SSSR count). The lowest BCUT2D eigenvalue weighted by atomic mass is 9.71. The first kappa shape index (κ1) is 17.8. The summed E-state index contributed by atoms with van der Waals surface area (Å²) in [5, 5.41) is 0. The molecule has 4 aliphatic rings. The highest BCUT2D eigenvalue weighted by Crippen LogP contribution is 2.41. The van der Waals surface area contributed by atoms with Gasteiger partial charge in [0, 0.05) is 38.1 Å². The van der Waals surface area contributed by atoms with Crippen LogP contribution in [0.5, 0.6) is 0 Å². The van der Waals surface area contributed by atoms with Gasteiger partial charge in [0.1, 0.15) is 0 Å². The fourth-order valence-corrected chi connectivity index (χ4v) is 5.87. The van der Waals surface area contributed by atoms with Crippen molar-refractivity contribution in [2.24, 2.45) is 11.3 Å². The fourth-order valence-electron chi connectivity index (χ4n) is 5.87. The van der Waals surface area contributed by atoms with Gasteiger partial charge in [-0.1, -0.05) is 13.3 Å². The zero-order chi connectivity index (χ0) is 17.3. The molecule has 4 fully saturated rings. The van der Waals surface area contributed by atoms with Crippen LogP contribution in [0.3, 0.4) is 0 Å². The van der Waals surface area contributed by atoms with Crippen LogP contribution in [0, 0.1) is 11.3 Å². The molecule has 1 spiro atoms. The third-order valence-electron chi connectivity index (χ3n) is 7.65. The lowest BCUT2D eigenvalue weighted by molar-refractivity contribution is -0.142. The van der Waals surface area contributed by atoms with Crippen molar-refractivity contribution in [2.45, 2.75) is 70.8 Å². The van der Waals surface area contributed by atoms with Crippen LogP contribution in [-0.2, 0) is 4.79 Å². The van der Waals surface area contributed by atoms with E-state index in [0.717, 1.165) is 32.0 Å². The highest BCUT2D eigenvalue weighted by molar-refractivity contribution is 5.79. The van der Waals surface area contributed by atoms with Gasteiger partial charge < -0.3 is 14.7 Å². The molecule has 0 aromatic carbocycles. The molecule has 4 heteroatoms. The molecule has 3 saturated heterocycles. The molecule has 1 amide bonds. The van der Waals surface area contributed by atoms with Gasteiger partial charge in [-0.05, 0) is 76.4 Å². The number of carbonyl (C=O) groups is 1. The van der Waals surface area contributed by atoms with E-state index in [0.29, 0.717) is 17.2 Å². The van der Waals surface area contributed by atoms with Gasteiger partial charge in [0.15, 0.2) is 0 Å². The molecule has 1 saturated carbocycles. The third-order valence-corrected chi connectivity index (χ3v) is 7.65. The Morgan fingerprint density at radius 1 is 0.920 bits per heavy atom. The lowest BCUT2D eigenvalue weighted by Gasteiger charge is -2.54. The summed E-state index contributed by atoms with van der Waals surface area (Å²) in [5.41, 5.74) is 0.554. The number of likely N-dealkylation sites (tertiary alicyclic amines) is 3. The van der Waals surface area contributed by atoms with Gasteiger partial charge in [-0.15, -0.1) is 0 Å². The Balaban J connectivity index is 1.22. The van der Waals surface area contributed by atoms with Gasteiger partial charge >= 0.3 is 0 Å². The van der Waals surface area contributed by atoms with Gasteiger partial charge in [-0.2, -0.15) is 0 Å². The number of rotatable bonds is 3. The molecule has 25 heavy (non-hydrogen) atoms. The smallest absolute Gasteiger partial charge is 0.225 e. The summed E-state index contributed by atoms with van der Waals surface area (Å²) in [7, 11) is 0. The number of hydrogen-bond donors (Lipinski definition) is 0. The van der Waals surface area contributed by atoms with Crippen molar-refractivity contribution < 1.29 is 4.79 Å². The fraction of sp³-hybridized carbons (Fsp3) is 0.952. The van der Waals surface area contributed by atoms with Crippen molar-refractivity contribution in [1.82, 2.24) is 14.7 Å². The van der Waals surface area contributed by atoms with Crippen molar-refractivity contribution in [2.75, 3.05) is 45.8 Å². The normalized spacial score (nSPS) is 34.0. The Morgan fingerprint density at radius 2 is 1.56 bits per heavy atom. The number of carbonyl (C=O) groups excluding carboxylic acids is 1. The van der Waals surface area contributed by atoms with E-state index < -0.39 is 0 Å². The largest absolute Gasteiger partial charge is 0.342 e. The van der Waals surface area contributed by atoms with E-state index >= 15 is 0 Å². The summed E-state index contributed by atoms with van der Waals surface area (Å²) in [6.07, 6.45) is 11.4. The topological polar surface area (TPSA) is 26.8 Å². The van der Waals surface area contributed by atoms with Crippen molar-refractivity contribution in [3.05, 3.63) is 0 Å². The van der Waals surface area contributed by atoms with Gasteiger partial charge in [0.05, 0.1) is 0 Å². The molecule has 3 heterocycles. The summed E-state index contributed by atoms with van der Waals surface area (Å²) < 4.78 is 0. The summed E-state index contributed by atoms with van der Waals surface area (Å²) in [4.78, 5) is 20.4. The zero-order valence-electron chi connectivity index (χ0n) is 16.2. The second kappa shape index (κ2) is 7.56. The average Bonchev–Trinajstić information content (AvgIpc) is 2.66. The minimum Gasteiger partial charge on any atom is -0.342 e. The van der Waals surface area contributed by atoms with Crippen LogP contribution in [0.1, 0.15) is 64.7 Å². The van der Waals surface area contributed by atoms with Crippen molar-refractivity contribution >= 4 is 5.91 Å². The molecule has 4 nitrogen and oxygen atoms in total. The maximum absolute atomic E-state index is 13.0. The van der Waals surface area contributed by atoms with Crippen molar-refractivity contribution in [3.63, 3.8) is 0 Å². The minimum absolute atomic E-state index is 0.323. The molecular formula is C21H37N3O. The Hall–Kier alpha value is -0.610. The quantitative estimate of drug-likeness (QED) is 0.785. The first-order valence-corrected chi connectivity index (χ1v) is 10.9. The molecule has 0 unspecified atom stereocenters. The van der Waals surface area contributed by atoms with E-state index in [4.69, 9.17) is 0 Å². The van der Waals surface area contributed by atoms with Gasteiger partial charge in [-0.3, -0.25) is 4.79 Å². The maximum Gasteiger partial charge on any atom is 0.225 e. The molecule has 142 valence electrons. The number of amides is 1. The molecule has 0 bridgehead atoms. The lowest BCUT2D eigenvalue weighted by Crippen LogP contribution is -2.60. The number of hydrogen-bond acceptors (Lipinski definition) is 3. The van der Waals surface area contributed by atoms with Crippen LogP contribution in [-0.4, -0.2) is 72.5 Å². The molecule has 0 atom stereocenters. The van der Waals surface area contributed by atoms with Gasteiger partial charge in [-0.25, -0.2) is 0 Å². The summed E-state index contributed by atoms with van der Waals surface area (Å²) in [6.45, 7) is 10.6. The Labute approximate surface area is 153 Å². The summed E-state index contributed by atoms with van der Waals surface area (Å²) in [5.74, 6) is 0.808. The Kier molecular flexibility index (Phi) is 5.38. The SMILES string of the molecule is CCN1CC2(CCN(C(=O)C3CCC(N4CCCCC4)CC3)CC2)C1. The Bertz CT molecular complexity index is 450. The molecule has 0 aromatic rings. The van der Waals surface area contributed by atoms with Crippen LogP contribution < -0.4 is 0 Å². The van der Waals surface area contributed by atoms with E-state index in [2.05, 4.69) is 21.6 Å². The van der Waals surface area contributed by atoms with Gasteiger partial charge in [0.2, 0.25) is 5.91 Å². The molecule has 0 N–H and O–H groups in total. The minimum atomic E-state index is 0.323. The van der Waals surface area contributed by atoms with E-state index in [1.165, 1.54) is 77.7 Å². The van der Waals surface area contributed by atoms with Crippen LogP contribution in [0.15, 0.2) is 0 Å². The van der Waals surface area contributed by atoms with Crippen LogP contribution >= 0.6 is 0 Å². The first-order valence-electron chi connectivity index (χ1n) is 10.9. The van der Waals surface area contributed by atoms with Crippen molar-refractivity contribution in [1.29, 1.82) is 0 Å². The highest BCUT2D eigenvalue weighted by Gasteiger charge is 2.45. The van der Waals surface area contributed by atoms with Crippen LogP contribution in [0.2, 0.25) is 0 Å². The molecule has 0 aromatic heterocycles. The van der Waals surface area contributed by atoms with Crippen LogP contribution in [0.25, 0.3) is 0 Å². The van der Waals surface area contributed by atoms with Gasteiger partial charge in [0.25, 0.3) is 0 Å². The Morgan fingerprint density at radius 3 is 2.16 bits per heavy atom. The maximum atomic E-state index is 13.0. The highest BCUT2D eigenvalue weighted by atomic mass is 16.2. The standard InChI is InChI=1S/C21H37N3O/c1-2-22-16-21(17-22)10-14-24(15-11-21)20(25)18-6-8-19(9-7-18)23-12-4-3-5-13-23/h18-19H,2-17H2,1H3. The predicted octanol–water partition coefficient (Wildman–Crippen LogP) is 2.98. The monoisotopic (exact) mass is 347 g/mol. The summed E-state index contributed by atoms with van der Waals surface area (Å²) in [6, 6.07) is 0.768. The molecule has 1 aliphatic carbocycles. The second-order valence-electron chi connectivity index (χ2n) is 9.23.